The number of fused-ring (bicyclic) bond motifs is 12. The lowest BCUT2D eigenvalue weighted by Crippen LogP contribution is -2.06. The number of para-hydroxylation sites is 4. The fourth-order valence-electron chi connectivity index (χ4n) is 10.2. The maximum Gasteiger partial charge on any atom is 0.166 e. The third-order valence-corrected chi connectivity index (χ3v) is 13.2. The molecule has 9 nitrogen and oxygen atoms in total. The molecule has 9 aromatic carbocycles. The maximum absolute atomic E-state index is 10.4. The lowest BCUT2D eigenvalue weighted by molar-refractivity contribution is 0.669. The van der Waals surface area contributed by atoms with Crippen molar-refractivity contribution in [3.63, 3.8) is 0 Å². The molecule has 0 aliphatic rings. The summed E-state index contributed by atoms with van der Waals surface area (Å²) in [4.78, 5) is 15.8. The van der Waals surface area contributed by atoms with Gasteiger partial charge in [-0.15, -0.1) is 0 Å². The van der Waals surface area contributed by atoms with Crippen LogP contribution in [0.15, 0.2) is 197 Å². The van der Waals surface area contributed by atoms with Crippen molar-refractivity contribution in [2.45, 2.75) is 0 Å². The first kappa shape index (κ1) is 37.5. The molecule has 0 atom stereocenters. The molecule has 68 heavy (non-hydrogen) atoms. The van der Waals surface area contributed by atoms with Crippen LogP contribution in [-0.2, 0) is 0 Å². The molecule has 14 rings (SSSR count). The Morgan fingerprint density at radius 2 is 0.765 bits per heavy atom. The minimum atomic E-state index is 0.358. The Labute approximate surface area is 386 Å². The van der Waals surface area contributed by atoms with Crippen molar-refractivity contribution < 1.29 is 8.83 Å². The molecule has 314 valence electrons. The maximum atomic E-state index is 10.4. The molecule has 0 N–H and O–H groups in total. The van der Waals surface area contributed by atoms with Gasteiger partial charge < -0.3 is 18.0 Å². The van der Waals surface area contributed by atoms with Crippen LogP contribution in [0.2, 0.25) is 0 Å². The van der Waals surface area contributed by atoms with Gasteiger partial charge in [-0.25, -0.2) is 15.0 Å². The quantitative estimate of drug-likeness (QED) is 0.169. The van der Waals surface area contributed by atoms with Crippen LogP contribution < -0.4 is 0 Å². The molecule has 5 heterocycles. The van der Waals surface area contributed by atoms with Gasteiger partial charge in [-0.2, -0.15) is 10.5 Å². The van der Waals surface area contributed by atoms with Gasteiger partial charge in [-0.3, -0.25) is 0 Å². The average Bonchev–Trinajstić information content (AvgIpc) is 4.14. The molecule has 0 saturated heterocycles. The highest BCUT2D eigenvalue weighted by Gasteiger charge is 2.24. The minimum absolute atomic E-state index is 0.358. The van der Waals surface area contributed by atoms with E-state index in [1.807, 2.05) is 115 Å². The molecular formula is C59H31N7O2. The number of aromatic nitrogens is 5. The smallest absolute Gasteiger partial charge is 0.166 e. The van der Waals surface area contributed by atoms with Crippen LogP contribution in [-0.4, -0.2) is 24.1 Å². The van der Waals surface area contributed by atoms with Gasteiger partial charge in [0.2, 0.25) is 0 Å². The summed E-state index contributed by atoms with van der Waals surface area (Å²) >= 11 is 0. The molecule has 5 aromatic heterocycles. The van der Waals surface area contributed by atoms with E-state index < -0.39 is 0 Å². The second kappa shape index (κ2) is 14.3. The molecule has 0 radical (unpaired) electrons. The van der Waals surface area contributed by atoms with Crippen molar-refractivity contribution in [2.24, 2.45) is 0 Å². The number of nitrogens with zero attached hydrogens (tertiary/aromatic N) is 7. The van der Waals surface area contributed by atoms with Gasteiger partial charge in [-0.05, 0) is 72.8 Å². The molecule has 0 aliphatic heterocycles. The normalized spacial score (nSPS) is 11.8. The summed E-state index contributed by atoms with van der Waals surface area (Å²) < 4.78 is 17.3. The number of furan rings is 2. The van der Waals surface area contributed by atoms with Gasteiger partial charge >= 0.3 is 0 Å². The highest BCUT2D eigenvalue weighted by atomic mass is 16.3. The molecule has 0 bridgehead atoms. The highest BCUT2D eigenvalue weighted by Crippen LogP contribution is 2.43. The van der Waals surface area contributed by atoms with Gasteiger partial charge in [0.25, 0.3) is 0 Å². The number of rotatable bonds is 5. The van der Waals surface area contributed by atoms with Gasteiger partial charge in [-0.1, -0.05) is 103 Å². The van der Waals surface area contributed by atoms with Crippen molar-refractivity contribution in [2.75, 3.05) is 0 Å². The SMILES string of the molecule is N#Cc1ccc(-n2c3ccccc3c3cc4c(cc32)oc2ccccc24)c(-c2nc(-c3ccccc3)nc(-c3cc(C#N)ccc3-n3c4ccccc4c4cc5c(cc43)oc3ccccc35)n2)c1. The predicted octanol–water partition coefficient (Wildman–Crippen LogP) is 14.6. The number of nitriles is 2. The van der Waals surface area contributed by atoms with Crippen LogP contribution in [0.25, 0.3) is 133 Å². The van der Waals surface area contributed by atoms with Gasteiger partial charge in [0.15, 0.2) is 17.5 Å². The molecule has 0 spiro atoms. The Kier molecular flexibility index (Phi) is 7.91. The Hall–Kier alpha value is -9.83. The Balaban J connectivity index is 1.05. The molecule has 9 heteroatoms. The minimum Gasteiger partial charge on any atom is -0.456 e. The van der Waals surface area contributed by atoms with Crippen molar-refractivity contribution in [3.8, 4) is 57.7 Å². The van der Waals surface area contributed by atoms with E-state index in [0.29, 0.717) is 39.7 Å². The molecule has 0 unspecified atom stereocenters. The van der Waals surface area contributed by atoms with E-state index in [-0.39, 0.29) is 0 Å². The van der Waals surface area contributed by atoms with Crippen molar-refractivity contribution in [3.05, 3.63) is 199 Å². The largest absolute Gasteiger partial charge is 0.456 e. The summed E-state index contributed by atoms with van der Waals surface area (Å²) in [7, 11) is 0. The van der Waals surface area contributed by atoms with Crippen LogP contribution in [0.4, 0.5) is 0 Å². The van der Waals surface area contributed by atoms with Crippen LogP contribution >= 0.6 is 0 Å². The lowest BCUT2D eigenvalue weighted by atomic mass is 10.1. The van der Waals surface area contributed by atoms with E-state index in [2.05, 4.69) is 94.1 Å². The number of benzene rings is 9. The molecule has 0 aliphatic carbocycles. The monoisotopic (exact) mass is 869 g/mol. The summed E-state index contributed by atoms with van der Waals surface area (Å²) in [6.07, 6.45) is 0. The van der Waals surface area contributed by atoms with Crippen molar-refractivity contribution >= 4 is 87.5 Å². The first-order valence-corrected chi connectivity index (χ1v) is 22.2. The van der Waals surface area contributed by atoms with Crippen molar-refractivity contribution in [1.29, 1.82) is 10.5 Å². The fraction of sp³-hybridized carbons (Fsp3) is 0. The van der Waals surface area contributed by atoms with E-state index in [4.69, 9.17) is 23.8 Å². The Morgan fingerprint density at radius 1 is 0.338 bits per heavy atom. The lowest BCUT2D eigenvalue weighted by Gasteiger charge is -2.17. The van der Waals surface area contributed by atoms with E-state index in [9.17, 15) is 10.5 Å². The first-order valence-electron chi connectivity index (χ1n) is 22.2. The molecule has 0 fully saturated rings. The number of hydrogen-bond acceptors (Lipinski definition) is 7. The van der Waals surface area contributed by atoms with Gasteiger partial charge in [0.1, 0.15) is 22.3 Å². The summed E-state index contributed by atoms with van der Waals surface area (Å²) in [5, 5.41) is 29.3. The van der Waals surface area contributed by atoms with E-state index in [1.54, 1.807) is 0 Å². The van der Waals surface area contributed by atoms with E-state index in [1.165, 1.54) is 0 Å². The zero-order chi connectivity index (χ0) is 45.0. The first-order chi connectivity index (χ1) is 33.6. The zero-order valence-electron chi connectivity index (χ0n) is 35.8. The Bertz CT molecular complexity index is 4270. The fourth-order valence-corrected chi connectivity index (χ4v) is 10.2. The molecule has 0 saturated carbocycles. The van der Waals surface area contributed by atoms with E-state index >= 15 is 0 Å². The van der Waals surface area contributed by atoms with Crippen LogP contribution in [0, 0.1) is 22.7 Å². The average molecular weight is 870 g/mol. The van der Waals surface area contributed by atoms with Crippen LogP contribution in [0.5, 0.6) is 0 Å². The van der Waals surface area contributed by atoms with Crippen LogP contribution in [0.1, 0.15) is 11.1 Å². The molecular weight excluding hydrogens is 839 g/mol. The summed E-state index contributed by atoms with van der Waals surface area (Å²) in [6.45, 7) is 0. The zero-order valence-corrected chi connectivity index (χ0v) is 35.8. The van der Waals surface area contributed by atoms with Crippen molar-refractivity contribution in [1.82, 2.24) is 24.1 Å². The second-order valence-corrected chi connectivity index (χ2v) is 17.0. The predicted molar refractivity (Wildman–Crippen MR) is 269 cm³/mol. The summed E-state index contributed by atoms with van der Waals surface area (Å²) in [5.41, 5.74) is 11.4. The molecule has 0 amide bonds. The van der Waals surface area contributed by atoms with Crippen LogP contribution in [0.3, 0.4) is 0 Å². The summed E-state index contributed by atoms with van der Waals surface area (Å²) in [6, 6.07) is 67.3. The summed E-state index contributed by atoms with van der Waals surface area (Å²) in [5.74, 6) is 1.15. The third-order valence-electron chi connectivity index (χ3n) is 13.2. The Morgan fingerprint density at radius 3 is 1.25 bits per heavy atom. The van der Waals surface area contributed by atoms with Gasteiger partial charge in [0, 0.05) is 71.9 Å². The topological polar surface area (TPSA) is 122 Å². The van der Waals surface area contributed by atoms with E-state index in [0.717, 1.165) is 104 Å². The third kappa shape index (κ3) is 5.51. The standard InChI is InChI=1S/C59H31N7O2/c60-32-34-22-24-49(65-47-18-8-4-14-37(47)41-28-43-39-16-6-10-20-53(39)67-55(43)30-51(41)65)45(26-34)58-62-57(36-12-2-1-3-13-36)63-59(64-58)46-27-35(33-61)23-25-50(46)66-48-19-9-5-15-38(48)42-29-44-40-17-7-11-21-54(40)68-56(44)31-52(42)66/h1-31H. The second-order valence-electron chi connectivity index (χ2n) is 17.0. The molecule has 14 aromatic rings. The van der Waals surface area contributed by atoms with Gasteiger partial charge in [0.05, 0.1) is 56.7 Å². The highest BCUT2D eigenvalue weighted by molar-refractivity contribution is 6.19. The number of hydrogen-bond donors (Lipinski definition) is 0.